The first-order valence-electron chi connectivity index (χ1n) is 10.7. The molecule has 0 saturated heterocycles. The van der Waals surface area contributed by atoms with E-state index in [1.807, 2.05) is 29.4 Å². The smallest absolute Gasteiger partial charge is 0.252 e. The molecule has 0 aliphatic heterocycles. The molecule has 0 aromatic carbocycles. The van der Waals surface area contributed by atoms with Gasteiger partial charge in [0.1, 0.15) is 23.7 Å². The molecule has 1 amide bonds. The highest BCUT2D eigenvalue weighted by atomic mass is 16.1. The highest BCUT2D eigenvalue weighted by Crippen LogP contribution is 2.40. The lowest BCUT2D eigenvalue weighted by molar-refractivity contribution is 0.0929. The second kappa shape index (κ2) is 8.77. The van der Waals surface area contributed by atoms with E-state index in [1.54, 1.807) is 36.8 Å². The van der Waals surface area contributed by atoms with Crippen LogP contribution in [-0.2, 0) is 20.6 Å². The Morgan fingerprint density at radius 1 is 1.12 bits per heavy atom. The number of aromatic nitrogens is 8. The van der Waals surface area contributed by atoms with E-state index in [1.165, 1.54) is 6.33 Å². The molecule has 11 nitrogen and oxygen atoms in total. The Morgan fingerprint density at radius 3 is 2.73 bits per heavy atom. The summed E-state index contributed by atoms with van der Waals surface area (Å²) in [6.07, 6.45) is 10.6. The summed E-state index contributed by atoms with van der Waals surface area (Å²) >= 11 is 0. The number of nitrogens with zero attached hydrogens (tertiary/aromatic N) is 8. The summed E-state index contributed by atoms with van der Waals surface area (Å²) in [6, 6.07) is 5.13. The molecule has 33 heavy (non-hydrogen) atoms. The molecular formula is C22H24N10O. The van der Waals surface area contributed by atoms with Gasteiger partial charge in [-0.3, -0.25) is 4.79 Å². The van der Waals surface area contributed by atoms with E-state index in [-0.39, 0.29) is 11.9 Å². The Bertz CT molecular complexity index is 1260. The lowest BCUT2D eigenvalue weighted by atomic mass is 10.1. The molecule has 1 saturated carbocycles. The van der Waals surface area contributed by atoms with E-state index >= 15 is 0 Å². The summed E-state index contributed by atoms with van der Waals surface area (Å²) in [6.45, 7) is 0.393. The van der Waals surface area contributed by atoms with Gasteiger partial charge in [0.25, 0.3) is 5.91 Å². The number of aryl methyl sites for hydroxylation is 1. The molecule has 0 radical (unpaired) electrons. The van der Waals surface area contributed by atoms with E-state index in [0.717, 1.165) is 18.7 Å². The van der Waals surface area contributed by atoms with Gasteiger partial charge in [0, 0.05) is 44.4 Å². The lowest BCUT2D eigenvalue weighted by Crippen LogP contribution is -2.31. The molecule has 5 rings (SSSR count). The van der Waals surface area contributed by atoms with Crippen LogP contribution in [0.5, 0.6) is 0 Å². The zero-order chi connectivity index (χ0) is 22.8. The second-order valence-corrected chi connectivity index (χ2v) is 8.06. The normalized spacial score (nSPS) is 14.1. The van der Waals surface area contributed by atoms with Crippen molar-refractivity contribution in [2.75, 3.05) is 5.32 Å². The highest BCUT2D eigenvalue weighted by Gasteiger charge is 2.35. The Kier molecular flexibility index (Phi) is 5.51. The van der Waals surface area contributed by atoms with Crippen molar-refractivity contribution in [3.8, 4) is 11.5 Å². The van der Waals surface area contributed by atoms with Crippen molar-refractivity contribution in [2.45, 2.75) is 25.4 Å². The third-order valence-corrected chi connectivity index (χ3v) is 5.74. The van der Waals surface area contributed by atoms with Crippen LogP contribution in [0.2, 0.25) is 0 Å². The molecule has 2 N–H and O–H groups in total. The van der Waals surface area contributed by atoms with Crippen LogP contribution >= 0.6 is 0 Å². The van der Waals surface area contributed by atoms with E-state index < -0.39 is 0 Å². The highest BCUT2D eigenvalue weighted by molar-refractivity contribution is 5.95. The molecular weight excluding hydrogens is 420 g/mol. The molecule has 1 atom stereocenters. The minimum Gasteiger partial charge on any atom is -0.363 e. The van der Waals surface area contributed by atoms with Gasteiger partial charge in [0.2, 0.25) is 0 Å². The van der Waals surface area contributed by atoms with E-state index in [9.17, 15) is 4.79 Å². The Labute approximate surface area is 190 Å². The minimum atomic E-state index is -0.148. The largest absolute Gasteiger partial charge is 0.363 e. The van der Waals surface area contributed by atoms with Crippen molar-refractivity contribution < 1.29 is 4.79 Å². The van der Waals surface area contributed by atoms with Crippen molar-refractivity contribution >= 4 is 11.7 Å². The van der Waals surface area contributed by atoms with Crippen LogP contribution in [0.15, 0.2) is 49.3 Å². The number of imidazole rings is 1. The molecule has 4 heterocycles. The molecule has 1 aliphatic carbocycles. The van der Waals surface area contributed by atoms with E-state index in [4.69, 9.17) is 0 Å². The van der Waals surface area contributed by atoms with Gasteiger partial charge in [-0.25, -0.2) is 19.9 Å². The second-order valence-electron chi connectivity index (χ2n) is 8.06. The number of carbonyl (C=O) groups is 1. The van der Waals surface area contributed by atoms with Gasteiger partial charge in [-0.05, 0) is 37.0 Å². The number of anilines is 1. The van der Waals surface area contributed by atoms with Gasteiger partial charge >= 0.3 is 0 Å². The lowest BCUT2D eigenvalue weighted by Gasteiger charge is -2.18. The van der Waals surface area contributed by atoms with E-state index in [2.05, 4.69) is 40.8 Å². The van der Waals surface area contributed by atoms with Gasteiger partial charge in [-0.2, -0.15) is 0 Å². The van der Waals surface area contributed by atoms with Crippen molar-refractivity contribution in [3.05, 3.63) is 66.5 Å². The summed E-state index contributed by atoms with van der Waals surface area (Å²) in [7, 11) is 3.82. The molecule has 4 aromatic heterocycles. The first-order valence-corrected chi connectivity index (χ1v) is 10.7. The monoisotopic (exact) mass is 444 g/mol. The fraction of sp³-hybridized carbons (Fsp3) is 0.318. The molecule has 168 valence electrons. The van der Waals surface area contributed by atoms with Crippen LogP contribution in [0.1, 0.15) is 40.9 Å². The summed E-state index contributed by atoms with van der Waals surface area (Å²) in [5, 5.41) is 14.8. The number of rotatable bonds is 8. The van der Waals surface area contributed by atoms with Gasteiger partial charge in [0.05, 0.1) is 12.6 Å². The Balaban J connectivity index is 1.27. The van der Waals surface area contributed by atoms with Crippen LogP contribution in [0.4, 0.5) is 5.82 Å². The maximum absolute atomic E-state index is 13.0. The number of hydrogen-bond acceptors (Lipinski definition) is 8. The SMILES string of the molecule is Cn1ccnc1[C@H](NC(=O)c1ccnc(NCc2nnc(-c3ccncn3)n2C)c1)C1CC1. The fourth-order valence-corrected chi connectivity index (χ4v) is 3.72. The topological polar surface area (TPSA) is 128 Å². The summed E-state index contributed by atoms with van der Waals surface area (Å²) in [5.74, 6) is 3.09. The van der Waals surface area contributed by atoms with E-state index in [0.29, 0.717) is 41.2 Å². The van der Waals surface area contributed by atoms with Crippen LogP contribution in [-0.4, -0.2) is 45.2 Å². The molecule has 1 aliphatic rings. The van der Waals surface area contributed by atoms with Crippen molar-refractivity contribution in [2.24, 2.45) is 20.0 Å². The standard InChI is InChI=1S/C22H24N10O/c1-31-10-9-25-21(31)19(14-3-4-14)28-22(33)15-5-8-24-17(11-15)26-12-18-29-30-20(32(18)2)16-6-7-23-13-27-16/h5-11,13-14,19H,3-4,12H2,1-2H3,(H,24,26)(H,28,33)/t19-/m1/s1. The van der Waals surface area contributed by atoms with Gasteiger partial charge < -0.3 is 19.8 Å². The summed E-state index contributed by atoms with van der Waals surface area (Å²) in [4.78, 5) is 29.9. The third kappa shape index (κ3) is 4.43. The third-order valence-electron chi connectivity index (χ3n) is 5.74. The average Bonchev–Trinajstić information content (AvgIpc) is 3.50. The molecule has 0 unspecified atom stereocenters. The number of amides is 1. The predicted octanol–water partition coefficient (Wildman–Crippen LogP) is 1.89. The number of nitrogens with one attached hydrogen (secondary N) is 2. The number of carbonyl (C=O) groups excluding carboxylic acids is 1. The first-order chi connectivity index (χ1) is 16.1. The van der Waals surface area contributed by atoms with Crippen molar-refractivity contribution in [3.63, 3.8) is 0 Å². The van der Waals surface area contributed by atoms with Crippen LogP contribution in [0.3, 0.4) is 0 Å². The summed E-state index contributed by atoms with van der Waals surface area (Å²) < 4.78 is 3.82. The molecule has 0 bridgehead atoms. The first kappa shape index (κ1) is 20.7. The zero-order valence-electron chi connectivity index (χ0n) is 18.4. The predicted molar refractivity (Wildman–Crippen MR) is 120 cm³/mol. The Morgan fingerprint density at radius 2 is 2.00 bits per heavy atom. The van der Waals surface area contributed by atoms with Crippen LogP contribution in [0, 0.1) is 5.92 Å². The zero-order valence-corrected chi connectivity index (χ0v) is 18.4. The summed E-state index contributed by atoms with van der Waals surface area (Å²) in [5.41, 5.74) is 1.23. The molecule has 4 aromatic rings. The maximum atomic E-state index is 13.0. The average molecular weight is 445 g/mol. The number of hydrogen-bond donors (Lipinski definition) is 2. The minimum absolute atomic E-state index is 0.0964. The molecule has 0 spiro atoms. The fourth-order valence-electron chi connectivity index (χ4n) is 3.72. The quantitative estimate of drug-likeness (QED) is 0.422. The molecule has 11 heteroatoms. The van der Waals surface area contributed by atoms with Gasteiger partial charge in [-0.1, -0.05) is 0 Å². The number of pyridine rings is 1. The van der Waals surface area contributed by atoms with Crippen molar-refractivity contribution in [1.29, 1.82) is 0 Å². The maximum Gasteiger partial charge on any atom is 0.252 e. The van der Waals surface area contributed by atoms with Gasteiger partial charge in [0.15, 0.2) is 11.6 Å². The van der Waals surface area contributed by atoms with Crippen molar-refractivity contribution in [1.82, 2.24) is 44.6 Å². The Hall–Kier alpha value is -4.15. The molecule has 1 fully saturated rings. The van der Waals surface area contributed by atoms with Crippen LogP contribution < -0.4 is 10.6 Å². The van der Waals surface area contributed by atoms with Crippen LogP contribution in [0.25, 0.3) is 11.5 Å². The van der Waals surface area contributed by atoms with Gasteiger partial charge in [-0.15, -0.1) is 10.2 Å².